The van der Waals surface area contributed by atoms with Crippen molar-refractivity contribution >= 4 is 35.5 Å². The molecule has 33 heavy (non-hydrogen) atoms. The van der Waals surface area contributed by atoms with Crippen molar-refractivity contribution in [1.29, 1.82) is 0 Å². The van der Waals surface area contributed by atoms with E-state index in [1.807, 2.05) is 6.07 Å². The summed E-state index contributed by atoms with van der Waals surface area (Å²) in [4.78, 5) is 29.0. The first-order valence-electron chi connectivity index (χ1n) is 9.79. The van der Waals surface area contributed by atoms with Gasteiger partial charge < -0.3 is 14.2 Å². The van der Waals surface area contributed by atoms with Gasteiger partial charge in [0.15, 0.2) is 17.2 Å². The van der Waals surface area contributed by atoms with Crippen LogP contribution in [0.4, 0.5) is 4.39 Å². The van der Waals surface area contributed by atoms with Crippen molar-refractivity contribution < 1.29 is 28.2 Å². The fraction of sp³-hybridized carbons (Fsp3) is 0.0800. The Morgan fingerprint density at radius 3 is 2.64 bits per heavy atom. The zero-order valence-corrected chi connectivity index (χ0v) is 18.4. The zero-order valence-electron chi connectivity index (χ0n) is 17.6. The number of hydrogen-bond donors (Lipinski definition) is 0. The first-order chi connectivity index (χ1) is 15.9. The lowest BCUT2D eigenvalue weighted by atomic mass is 10.1. The first-order valence-corrected chi connectivity index (χ1v) is 10.2. The highest BCUT2D eigenvalue weighted by Gasteiger charge is 2.25. The van der Waals surface area contributed by atoms with E-state index >= 15 is 0 Å². The zero-order chi connectivity index (χ0) is 23.5. The molecule has 0 amide bonds. The molecule has 0 fully saturated rings. The first kappa shape index (κ1) is 22.2. The van der Waals surface area contributed by atoms with Gasteiger partial charge in [-0.3, -0.25) is 0 Å². The standard InChI is InChI=1S/C25H17ClFNO5/c1-14-6-3-4-9-18(14)24(29)32-22-19(26)10-15(12-21(22)31-2)11-20-25(30)33-23(28-20)16-7-5-8-17(27)13-16/h3-13H,1-2H3/b20-11-. The van der Waals surface area contributed by atoms with Crippen LogP contribution in [-0.2, 0) is 9.53 Å². The Morgan fingerprint density at radius 2 is 1.91 bits per heavy atom. The van der Waals surface area contributed by atoms with Crippen LogP contribution in [0.2, 0.25) is 5.02 Å². The van der Waals surface area contributed by atoms with Crippen LogP contribution in [0.5, 0.6) is 11.5 Å². The summed E-state index contributed by atoms with van der Waals surface area (Å²) in [6, 6.07) is 15.6. The summed E-state index contributed by atoms with van der Waals surface area (Å²) < 4.78 is 29.5. The number of nitrogens with zero attached hydrogens (tertiary/aromatic N) is 1. The number of hydrogen-bond acceptors (Lipinski definition) is 6. The second-order valence-corrected chi connectivity index (χ2v) is 7.49. The van der Waals surface area contributed by atoms with Crippen molar-refractivity contribution in [1.82, 2.24) is 0 Å². The molecular weight excluding hydrogens is 449 g/mol. The molecule has 0 aliphatic carbocycles. The molecule has 0 radical (unpaired) electrons. The SMILES string of the molecule is COc1cc(/C=C2\N=C(c3cccc(F)c3)OC2=O)cc(Cl)c1OC(=O)c1ccccc1C. The molecule has 8 heteroatoms. The van der Waals surface area contributed by atoms with Crippen LogP contribution in [0.15, 0.2) is 71.4 Å². The molecule has 0 N–H and O–H groups in total. The number of carbonyl (C=O) groups is 2. The van der Waals surface area contributed by atoms with E-state index in [9.17, 15) is 14.0 Å². The van der Waals surface area contributed by atoms with Gasteiger partial charge in [0.05, 0.1) is 17.7 Å². The Morgan fingerprint density at radius 1 is 1.12 bits per heavy atom. The smallest absolute Gasteiger partial charge is 0.363 e. The summed E-state index contributed by atoms with van der Waals surface area (Å²) in [5, 5.41) is 0.101. The lowest BCUT2D eigenvalue weighted by Gasteiger charge is -2.13. The molecule has 0 spiro atoms. The highest BCUT2D eigenvalue weighted by Crippen LogP contribution is 2.38. The van der Waals surface area contributed by atoms with Gasteiger partial charge in [-0.05, 0) is 60.5 Å². The van der Waals surface area contributed by atoms with Gasteiger partial charge in [-0.2, -0.15) is 0 Å². The monoisotopic (exact) mass is 465 g/mol. The molecular formula is C25H17ClFNO5. The van der Waals surface area contributed by atoms with Gasteiger partial charge in [0.25, 0.3) is 0 Å². The summed E-state index contributed by atoms with van der Waals surface area (Å²) in [5.41, 5.74) is 1.95. The molecule has 6 nitrogen and oxygen atoms in total. The molecule has 0 bridgehead atoms. The normalized spacial score (nSPS) is 14.1. The Kier molecular flexibility index (Phi) is 6.24. The highest BCUT2D eigenvalue weighted by molar-refractivity contribution is 6.32. The lowest BCUT2D eigenvalue weighted by molar-refractivity contribution is -0.129. The lowest BCUT2D eigenvalue weighted by Crippen LogP contribution is -2.11. The molecule has 1 heterocycles. The number of halogens is 2. The Labute approximate surface area is 193 Å². The van der Waals surface area contributed by atoms with E-state index in [0.717, 1.165) is 5.56 Å². The van der Waals surface area contributed by atoms with Crippen LogP contribution in [0.3, 0.4) is 0 Å². The van der Waals surface area contributed by atoms with Gasteiger partial charge in [-0.25, -0.2) is 19.0 Å². The fourth-order valence-electron chi connectivity index (χ4n) is 3.18. The molecule has 3 aromatic rings. The van der Waals surface area contributed by atoms with Crippen LogP contribution in [0, 0.1) is 12.7 Å². The van der Waals surface area contributed by atoms with Gasteiger partial charge in [0.1, 0.15) is 5.82 Å². The number of aryl methyl sites for hydroxylation is 1. The maximum absolute atomic E-state index is 13.5. The van der Waals surface area contributed by atoms with Crippen LogP contribution < -0.4 is 9.47 Å². The molecule has 1 aliphatic rings. The van der Waals surface area contributed by atoms with E-state index in [4.69, 9.17) is 25.8 Å². The van der Waals surface area contributed by atoms with Crippen LogP contribution in [0.1, 0.15) is 27.0 Å². The van der Waals surface area contributed by atoms with Crippen molar-refractivity contribution in [2.45, 2.75) is 6.92 Å². The average Bonchev–Trinajstić information content (AvgIpc) is 3.15. The van der Waals surface area contributed by atoms with E-state index in [0.29, 0.717) is 16.7 Å². The average molecular weight is 466 g/mol. The summed E-state index contributed by atoms with van der Waals surface area (Å²) in [6.45, 7) is 1.80. The van der Waals surface area contributed by atoms with Crippen LogP contribution >= 0.6 is 11.6 Å². The molecule has 166 valence electrons. The highest BCUT2D eigenvalue weighted by atomic mass is 35.5. The summed E-state index contributed by atoms with van der Waals surface area (Å²) in [7, 11) is 1.40. The van der Waals surface area contributed by atoms with Crippen LogP contribution in [-0.4, -0.2) is 24.9 Å². The molecule has 0 saturated heterocycles. The summed E-state index contributed by atoms with van der Waals surface area (Å²) in [6.07, 6.45) is 1.44. The summed E-state index contributed by atoms with van der Waals surface area (Å²) in [5.74, 6) is -1.52. The maximum Gasteiger partial charge on any atom is 0.363 e. The van der Waals surface area contributed by atoms with Crippen molar-refractivity contribution in [2.75, 3.05) is 7.11 Å². The third-order valence-corrected chi connectivity index (χ3v) is 5.09. The van der Waals surface area contributed by atoms with Crippen molar-refractivity contribution in [3.8, 4) is 11.5 Å². The second kappa shape index (κ2) is 9.26. The van der Waals surface area contributed by atoms with E-state index in [1.165, 1.54) is 37.5 Å². The van der Waals surface area contributed by atoms with Gasteiger partial charge in [0, 0.05) is 5.56 Å². The number of cyclic esters (lactones) is 1. The van der Waals surface area contributed by atoms with E-state index < -0.39 is 17.8 Å². The number of rotatable bonds is 5. The number of benzene rings is 3. The molecule has 4 rings (SSSR count). The van der Waals surface area contributed by atoms with Crippen molar-refractivity contribution in [2.24, 2.45) is 4.99 Å². The van der Waals surface area contributed by atoms with Crippen molar-refractivity contribution in [3.63, 3.8) is 0 Å². The minimum Gasteiger partial charge on any atom is -0.493 e. The Bertz CT molecular complexity index is 1330. The number of esters is 2. The van der Waals surface area contributed by atoms with Gasteiger partial charge in [0.2, 0.25) is 5.90 Å². The number of aliphatic imine (C=N–C) groups is 1. The second-order valence-electron chi connectivity index (χ2n) is 7.08. The van der Waals surface area contributed by atoms with E-state index in [-0.39, 0.29) is 28.1 Å². The largest absolute Gasteiger partial charge is 0.493 e. The topological polar surface area (TPSA) is 74.2 Å². The van der Waals surface area contributed by atoms with Gasteiger partial charge in [-0.15, -0.1) is 0 Å². The number of ether oxygens (including phenoxy) is 3. The molecule has 1 aliphatic heterocycles. The molecule has 0 unspecified atom stereocenters. The van der Waals surface area contributed by atoms with Crippen molar-refractivity contribution in [3.05, 3.63) is 99.5 Å². The Hall–Kier alpha value is -3.97. The molecule has 0 aromatic heterocycles. The minimum atomic E-state index is -0.695. The third kappa shape index (κ3) is 4.78. The van der Waals surface area contributed by atoms with Gasteiger partial charge in [-0.1, -0.05) is 35.9 Å². The predicted octanol–water partition coefficient (Wildman–Crippen LogP) is 5.36. The minimum absolute atomic E-state index is 0.00274. The number of carbonyl (C=O) groups excluding carboxylic acids is 2. The molecule has 0 saturated carbocycles. The number of methoxy groups -OCH3 is 1. The Balaban J connectivity index is 1.64. The molecule has 3 aromatic carbocycles. The third-order valence-electron chi connectivity index (χ3n) is 4.81. The molecule has 0 atom stereocenters. The fourth-order valence-corrected chi connectivity index (χ4v) is 3.44. The van der Waals surface area contributed by atoms with Crippen LogP contribution in [0.25, 0.3) is 6.08 Å². The predicted molar refractivity (Wildman–Crippen MR) is 121 cm³/mol. The van der Waals surface area contributed by atoms with Gasteiger partial charge >= 0.3 is 11.9 Å². The summed E-state index contributed by atoms with van der Waals surface area (Å²) >= 11 is 6.37. The van der Waals surface area contributed by atoms with E-state index in [2.05, 4.69) is 4.99 Å². The maximum atomic E-state index is 13.5. The quantitative estimate of drug-likeness (QED) is 0.288. The van der Waals surface area contributed by atoms with E-state index in [1.54, 1.807) is 37.3 Å².